The lowest BCUT2D eigenvalue weighted by Gasteiger charge is -2.37. The van der Waals surface area contributed by atoms with Gasteiger partial charge in [0.05, 0.1) is 5.84 Å². The quantitative estimate of drug-likeness (QED) is 0.534. The number of hydrogen-bond donors (Lipinski definition) is 2. The Morgan fingerprint density at radius 1 is 1.57 bits per heavy atom. The van der Waals surface area contributed by atoms with Crippen LogP contribution in [0.3, 0.4) is 0 Å². The molecule has 0 saturated carbocycles. The molecule has 3 unspecified atom stereocenters. The summed E-state index contributed by atoms with van der Waals surface area (Å²) in [5, 5.41) is 7.38. The predicted octanol–water partition coefficient (Wildman–Crippen LogP) is 1.68. The zero-order chi connectivity index (χ0) is 10.7. The molecule has 82 valence electrons. The number of hydrogen-bond acceptors (Lipinski definition) is 2. The normalized spacial score (nSPS) is 31.4. The molecule has 0 aromatic heterocycles. The van der Waals surface area contributed by atoms with Gasteiger partial charge >= 0.3 is 0 Å². The summed E-state index contributed by atoms with van der Waals surface area (Å²) in [5.41, 5.74) is 5.48. The van der Waals surface area contributed by atoms with Crippen molar-refractivity contribution < 1.29 is 0 Å². The van der Waals surface area contributed by atoms with Crippen molar-refractivity contribution in [1.82, 2.24) is 4.90 Å². The fourth-order valence-electron chi connectivity index (χ4n) is 2.18. The Balaban J connectivity index is 2.41. The highest BCUT2D eigenvalue weighted by Gasteiger charge is 2.24. The maximum absolute atomic E-state index is 7.38. The molecule has 0 bridgehead atoms. The van der Waals surface area contributed by atoms with Crippen LogP contribution in [-0.2, 0) is 0 Å². The number of rotatable bonds is 3. The van der Waals surface area contributed by atoms with Crippen LogP contribution in [-0.4, -0.2) is 29.9 Å². The molecule has 0 spiro atoms. The molecule has 0 aromatic rings. The van der Waals surface area contributed by atoms with Gasteiger partial charge in [0.2, 0.25) is 0 Å². The Hall–Kier alpha value is -0.570. The molecule has 0 aromatic carbocycles. The first-order valence-electron chi connectivity index (χ1n) is 5.58. The van der Waals surface area contributed by atoms with Crippen LogP contribution in [0.5, 0.6) is 0 Å². The minimum atomic E-state index is 0.200. The number of nitrogens with zero attached hydrogens (tertiary/aromatic N) is 1. The summed E-state index contributed by atoms with van der Waals surface area (Å²) >= 11 is 0. The van der Waals surface area contributed by atoms with Crippen molar-refractivity contribution in [2.75, 3.05) is 13.1 Å². The monoisotopic (exact) mass is 197 g/mol. The summed E-state index contributed by atoms with van der Waals surface area (Å²) in [6.07, 6.45) is 2.57. The standard InChI is InChI=1S/C11H23N3/c1-8-4-5-14(10(3)6-8)7-9(2)11(12)13/h8-10H,4-7H2,1-3H3,(H3,12,13). The molecule has 3 N–H and O–H groups in total. The van der Waals surface area contributed by atoms with Crippen molar-refractivity contribution in [3.8, 4) is 0 Å². The van der Waals surface area contributed by atoms with Crippen molar-refractivity contribution in [3.05, 3.63) is 0 Å². The van der Waals surface area contributed by atoms with E-state index in [-0.39, 0.29) is 5.92 Å². The first kappa shape index (κ1) is 11.5. The van der Waals surface area contributed by atoms with Gasteiger partial charge < -0.3 is 5.73 Å². The fraction of sp³-hybridized carbons (Fsp3) is 0.909. The molecule has 1 aliphatic rings. The van der Waals surface area contributed by atoms with E-state index >= 15 is 0 Å². The average molecular weight is 197 g/mol. The van der Waals surface area contributed by atoms with E-state index in [1.807, 2.05) is 6.92 Å². The third-order valence-corrected chi connectivity index (χ3v) is 3.32. The Morgan fingerprint density at radius 3 is 2.71 bits per heavy atom. The third kappa shape index (κ3) is 2.98. The minimum Gasteiger partial charge on any atom is -0.387 e. The molecule has 1 aliphatic heterocycles. The van der Waals surface area contributed by atoms with Crippen molar-refractivity contribution in [3.63, 3.8) is 0 Å². The first-order chi connectivity index (χ1) is 6.50. The molecular formula is C11H23N3. The largest absolute Gasteiger partial charge is 0.387 e. The fourth-order valence-corrected chi connectivity index (χ4v) is 2.18. The van der Waals surface area contributed by atoms with Crippen LogP contribution in [0.25, 0.3) is 0 Å². The van der Waals surface area contributed by atoms with Gasteiger partial charge in [-0.05, 0) is 32.2 Å². The van der Waals surface area contributed by atoms with Gasteiger partial charge in [-0.3, -0.25) is 10.3 Å². The Kier molecular flexibility index (Phi) is 3.93. The molecule has 0 aliphatic carbocycles. The lowest BCUT2D eigenvalue weighted by molar-refractivity contribution is 0.122. The number of nitrogens with one attached hydrogen (secondary N) is 1. The highest BCUT2D eigenvalue weighted by atomic mass is 15.2. The summed E-state index contributed by atoms with van der Waals surface area (Å²) in [7, 11) is 0. The molecule has 1 fully saturated rings. The second-order valence-corrected chi connectivity index (χ2v) is 4.83. The maximum atomic E-state index is 7.38. The molecule has 0 radical (unpaired) electrons. The first-order valence-corrected chi connectivity index (χ1v) is 5.58. The van der Waals surface area contributed by atoms with Crippen molar-refractivity contribution in [2.24, 2.45) is 17.6 Å². The third-order valence-electron chi connectivity index (χ3n) is 3.32. The highest BCUT2D eigenvalue weighted by molar-refractivity contribution is 5.79. The Morgan fingerprint density at radius 2 is 2.21 bits per heavy atom. The average Bonchev–Trinajstić information content (AvgIpc) is 2.09. The van der Waals surface area contributed by atoms with Crippen LogP contribution in [0.1, 0.15) is 33.6 Å². The van der Waals surface area contributed by atoms with E-state index in [2.05, 4.69) is 18.7 Å². The summed E-state index contributed by atoms with van der Waals surface area (Å²) in [4.78, 5) is 2.46. The van der Waals surface area contributed by atoms with Crippen LogP contribution < -0.4 is 5.73 Å². The number of nitrogens with two attached hydrogens (primary N) is 1. The zero-order valence-corrected chi connectivity index (χ0v) is 9.59. The molecule has 14 heavy (non-hydrogen) atoms. The molecule has 0 amide bonds. The topological polar surface area (TPSA) is 53.1 Å². The van der Waals surface area contributed by atoms with E-state index in [0.717, 1.165) is 12.5 Å². The Bertz CT molecular complexity index is 203. The second kappa shape index (κ2) is 4.78. The molecule has 3 heteroatoms. The van der Waals surface area contributed by atoms with Gasteiger partial charge in [0.15, 0.2) is 0 Å². The lowest BCUT2D eigenvalue weighted by atomic mass is 9.92. The summed E-state index contributed by atoms with van der Waals surface area (Å²) < 4.78 is 0. The SMILES string of the molecule is CC1CCN(CC(C)C(=N)N)C(C)C1. The lowest BCUT2D eigenvalue weighted by Crippen LogP contribution is -2.44. The van der Waals surface area contributed by atoms with Crippen LogP contribution >= 0.6 is 0 Å². The zero-order valence-electron chi connectivity index (χ0n) is 9.59. The van der Waals surface area contributed by atoms with Gasteiger partial charge in [-0.2, -0.15) is 0 Å². The maximum Gasteiger partial charge on any atom is 0.0947 e. The van der Waals surface area contributed by atoms with E-state index in [4.69, 9.17) is 11.1 Å². The number of piperidine rings is 1. The van der Waals surface area contributed by atoms with Gasteiger partial charge in [0.1, 0.15) is 0 Å². The molecule has 1 saturated heterocycles. The highest BCUT2D eigenvalue weighted by Crippen LogP contribution is 2.22. The van der Waals surface area contributed by atoms with Gasteiger partial charge in [0, 0.05) is 18.5 Å². The van der Waals surface area contributed by atoms with Crippen LogP contribution in [0, 0.1) is 17.2 Å². The molecular weight excluding hydrogens is 174 g/mol. The van der Waals surface area contributed by atoms with E-state index < -0.39 is 0 Å². The van der Waals surface area contributed by atoms with E-state index in [9.17, 15) is 0 Å². The molecule has 3 nitrogen and oxygen atoms in total. The van der Waals surface area contributed by atoms with E-state index in [1.165, 1.54) is 19.4 Å². The summed E-state index contributed by atoms with van der Waals surface area (Å²) in [5.74, 6) is 1.37. The van der Waals surface area contributed by atoms with E-state index in [0.29, 0.717) is 11.9 Å². The van der Waals surface area contributed by atoms with Crippen LogP contribution in [0.2, 0.25) is 0 Å². The van der Waals surface area contributed by atoms with Gasteiger partial charge in [-0.1, -0.05) is 13.8 Å². The van der Waals surface area contributed by atoms with Crippen LogP contribution in [0.15, 0.2) is 0 Å². The van der Waals surface area contributed by atoms with Crippen LogP contribution in [0.4, 0.5) is 0 Å². The summed E-state index contributed by atoms with van der Waals surface area (Å²) in [6, 6.07) is 0.653. The van der Waals surface area contributed by atoms with Crippen molar-refractivity contribution in [2.45, 2.75) is 39.7 Å². The van der Waals surface area contributed by atoms with Crippen molar-refractivity contribution >= 4 is 5.84 Å². The molecule has 3 atom stereocenters. The van der Waals surface area contributed by atoms with Gasteiger partial charge in [0.25, 0.3) is 0 Å². The number of likely N-dealkylation sites (tertiary alicyclic amines) is 1. The molecule has 1 heterocycles. The molecule has 1 rings (SSSR count). The second-order valence-electron chi connectivity index (χ2n) is 4.83. The van der Waals surface area contributed by atoms with Crippen molar-refractivity contribution in [1.29, 1.82) is 5.41 Å². The predicted molar refractivity (Wildman–Crippen MR) is 60.5 cm³/mol. The van der Waals surface area contributed by atoms with Gasteiger partial charge in [-0.25, -0.2) is 0 Å². The van der Waals surface area contributed by atoms with E-state index in [1.54, 1.807) is 0 Å². The Labute approximate surface area is 87.2 Å². The summed E-state index contributed by atoms with van der Waals surface area (Å²) in [6.45, 7) is 8.75. The number of amidine groups is 1. The smallest absolute Gasteiger partial charge is 0.0947 e. The van der Waals surface area contributed by atoms with Gasteiger partial charge in [-0.15, -0.1) is 0 Å². The minimum absolute atomic E-state index is 0.200.